The van der Waals surface area contributed by atoms with E-state index in [1.54, 1.807) is 13.2 Å². The fourth-order valence-electron chi connectivity index (χ4n) is 3.69. The Bertz CT molecular complexity index is 702. The summed E-state index contributed by atoms with van der Waals surface area (Å²) in [5, 5.41) is 0. The van der Waals surface area contributed by atoms with E-state index in [1.165, 1.54) is 5.56 Å². The Balaban J connectivity index is 2.09. The molecule has 1 atom stereocenters. The van der Waals surface area contributed by atoms with Gasteiger partial charge in [0.05, 0.1) is 39.7 Å². The van der Waals surface area contributed by atoms with Crippen LogP contribution in [0.25, 0.3) is 0 Å². The Kier molecular flexibility index (Phi) is 4.30. The first-order chi connectivity index (χ1) is 11.3. The summed E-state index contributed by atoms with van der Waals surface area (Å²) in [6.45, 7) is 5.09. The smallest absolute Gasteiger partial charge is 0.231 e. The van der Waals surface area contributed by atoms with Crippen molar-refractivity contribution in [2.45, 2.75) is 32.7 Å². The molecule has 0 fully saturated rings. The topological polar surface area (TPSA) is 44.8 Å². The molecule has 0 saturated carbocycles. The van der Waals surface area contributed by atoms with Crippen LogP contribution in [-0.4, -0.2) is 44.8 Å². The molecule has 2 aliphatic rings. The molecular formula is C19H26NO4+. The number of nitrogens with zero attached hydrogens (tertiary/aromatic N) is 1. The molecule has 1 aromatic rings. The number of fused-ring (bicyclic) bond motifs is 2. The van der Waals surface area contributed by atoms with E-state index in [2.05, 4.69) is 20.2 Å². The number of likely N-dealkylation sites (N-methyl/N-ethyl adjacent to an activating group) is 1. The third-order valence-corrected chi connectivity index (χ3v) is 4.93. The van der Waals surface area contributed by atoms with Crippen LogP contribution >= 0.6 is 0 Å². The van der Waals surface area contributed by atoms with E-state index in [0.29, 0.717) is 12.2 Å². The fourth-order valence-corrected chi connectivity index (χ4v) is 3.69. The summed E-state index contributed by atoms with van der Waals surface area (Å²) >= 11 is 0. The number of rotatable bonds is 4. The van der Waals surface area contributed by atoms with Crippen molar-refractivity contribution in [1.82, 2.24) is 0 Å². The molecule has 0 spiro atoms. The van der Waals surface area contributed by atoms with Crippen molar-refractivity contribution in [3.8, 4) is 17.2 Å². The van der Waals surface area contributed by atoms with Crippen LogP contribution in [0, 0.1) is 0 Å². The van der Waals surface area contributed by atoms with Crippen LogP contribution in [0.1, 0.15) is 37.4 Å². The van der Waals surface area contributed by atoms with Crippen molar-refractivity contribution in [2.75, 3.05) is 34.5 Å². The summed E-state index contributed by atoms with van der Waals surface area (Å²) in [6.07, 6.45) is 3.12. The average molecular weight is 332 g/mol. The molecule has 24 heavy (non-hydrogen) atoms. The van der Waals surface area contributed by atoms with E-state index in [0.717, 1.165) is 40.1 Å². The van der Waals surface area contributed by atoms with Crippen LogP contribution < -0.4 is 14.2 Å². The Labute approximate surface area is 143 Å². The summed E-state index contributed by atoms with van der Waals surface area (Å²) in [6, 6.07) is 2.10. The Morgan fingerprint density at radius 1 is 1.38 bits per heavy atom. The number of quaternary nitrogens is 1. The molecule has 0 radical (unpaired) electrons. The second-order valence-electron chi connectivity index (χ2n) is 7.38. The van der Waals surface area contributed by atoms with Gasteiger partial charge in [-0.1, -0.05) is 5.57 Å². The number of allylic oxidation sites excluding steroid dienone is 2. The monoisotopic (exact) mass is 332 g/mol. The van der Waals surface area contributed by atoms with E-state index in [-0.39, 0.29) is 18.6 Å². The van der Waals surface area contributed by atoms with Crippen LogP contribution in [0.2, 0.25) is 0 Å². The number of hydrogen-bond donors (Lipinski definition) is 0. The lowest BCUT2D eigenvalue weighted by atomic mass is 9.86. The van der Waals surface area contributed by atoms with Crippen molar-refractivity contribution in [1.29, 1.82) is 0 Å². The van der Waals surface area contributed by atoms with Gasteiger partial charge >= 0.3 is 0 Å². The van der Waals surface area contributed by atoms with Crippen molar-refractivity contribution in [3.63, 3.8) is 0 Å². The van der Waals surface area contributed by atoms with Gasteiger partial charge in [-0.3, -0.25) is 4.79 Å². The molecule has 0 bridgehead atoms. The number of carbonyl (C=O) groups excluding carboxylic acids is 1. The largest absolute Gasteiger partial charge is 0.492 e. The highest BCUT2D eigenvalue weighted by Gasteiger charge is 2.41. The maximum absolute atomic E-state index is 12.5. The minimum absolute atomic E-state index is 0.0429. The lowest BCUT2D eigenvalue weighted by Gasteiger charge is -2.43. The van der Waals surface area contributed by atoms with Gasteiger partial charge in [-0.2, -0.15) is 0 Å². The molecule has 0 aliphatic carbocycles. The molecule has 0 unspecified atom stereocenters. The highest BCUT2D eigenvalue weighted by Crippen LogP contribution is 2.51. The second-order valence-corrected chi connectivity index (χ2v) is 7.38. The standard InChI is InChI=1S/C19H26NO4/c1-12(2)8-14(21)10-15-17-13(6-7-20(15,3)4)9-16-18(19(17)22-5)24-11-23-16/h8-9,15H,6-7,10-11H2,1-5H3/q+1/t15-/m1/s1. The molecule has 1 aromatic carbocycles. The van der Waals surface area contributed by atoms with E-state index < -0.39 is 0 Å². The van der Waals surface area contributed by atoms with Gasteiger partial charge in [0, 0.05) is 6.42 Å². The normalized spacial score (nSPS) is 20.3. The highest BCUT2D eigenvalue weighted by molar-refractivity contribution is 5.90. The second kappa shape index (κ2) is 6.13. The van der Waals surface area contributed by atoms with Gasteiger partial charge in [-0.05, 0) is 31.6 Å². The Hall–Kier alpha value is -2.01. The first-order valence-electron chi connectivity index (χ1n) is 8.33. The summed E-state index contributed by atoms with van der Waals surface area (Å²) in [4.78, 5) is 12.5. The first-order valence-corrected chi connectivity index (χ1v) is 8.33. The fraction of sp³-hybridized carbons (Fsp3) is 0.526. The van der Waals surface area contributed by atoms with Crippen LogP contribution in [0.15, 0.2) is 17.7 Å². The maximum atomic E-state index is 12.5. The average Bonchev–Trinajstić information content (AvgIpc) is 2.95. The number of ether oxygens (including phenoxy) is 3. The molecule has 2 heterocycles. The highest BCUT2D eigenvalue weighted by atomic mass is 16.7. The van der Waals surface area contributed by atoms with Crippen molar-refractivity contribution in [3.05, 3.63) is 28.8 Å². The van der Waals surface area contributed by atoms with E-state index in [9.17, 15) is 4.79 Å². The van der Waals surface area contributed by atoms with Crippen molar-refractivity contribution < 1.29 is 23.5 Å². The summed E-state index contributed by atoms with van der Waals surface area (Å²) < 4.78 is 17.6. The van der Waals surface area contributed by atoms with Crippen LogP contribution in [0.5, 0.6) is 17.2 Å². The minimum Gasteiger partial charge on any atom is -0.492 e. The van der Waals surface area contributed by atoms with Gasteiger partial charge in [0.2, 0.25) is 12.5 Å². The van der Waals surface area contributed by atoms with Crippen LogP contribution in [0.3, 0.4) is 0 Å². The molecule has 0 saturated heterocycles. The SMILES string of the molecule is COc1c2c(cc3c1[C@@H](CC(=O)C=C(C)C)[N+](C)(C)CC3)OCO2. The molecule has 2 aliphatic heterocycles. The Morgan fingerprint density at radius 3 is 2.79 bits per heavy atom. The maximum Gasteiger partial charge on any atom is 0.231 e. The van der Waals surface area contributed by atoms with Gasteiger partial charge in [-0.25, -0.2) is 0 Å². The predicted molar refractivity (Wildman–Crippen MR) is 91.6 cm³/mol. The van der Waals surface area contributed by atoms with Crippen molar-refractivity contribution >= 4 is 5.78 Å². The van der Waals surface area contributed by atoms with Crippen LogP contribution in [-0.2, 0) is 11.2 Å². The molecule has 5 nitrogen and oxygen atoms in total. The third kappa shape index (κ3) is 2.88. The third-order valence-electron chi connectivity index (χ3n) is 4.93. The first kappa shape index (κ1) is 16.8. The van der Waals surface area contributed by atoms with Gasteiger partial charge in [0.25, 0.3) is 0 Å². The number of methoxy groups -OCH3 is 1. The molecule has 0 N–H and O–H groups in total. The zero-order valence-corrected chi connectivity index (χ0v) is 15.1. The van der Waals surface area contributed by atoms with E-state index in [1.807, 2.05) is 13.8 Å². The number of carbonyl (C=O) groups is 1. The minimum atomic E-state index is 0.0429. The number of ketones is 1. The molecule has 0 amide bonds. The molecular weight excluding hydrogens is 306 g/mol. The van der Waals surface area contributed by atoms with Gasteiger partial charge in [0.15, 0.2) is 17.3 Å². The number of hydrogen-bond acceptors (Lipinski definition) is 4. The van der Waals surface area contributed by atoms with Gasteiger partial charge in [0.1, 0.15) is 6.04 Å². The summed E-state index contributed by atoms with van der Waals surface area (Å²) in [5.41, 5.74) is 3.32. The zero-order chi connectivity index (χ0) is 17.5. The van der Waals surface area contributed by atoms with Gasteiger partial charge < -0.3 is 18.7 Å². The predicted octanol–water partition coefficient (Wildman–Crippen LogP) is 3.02. The van der Waals surface area contributed by atoms with E-state index >= 15 is 0 Å². The molecule has 0 aromatic heterocycles. The quantitative estimate of drug-likeness (QED) is 0.628. The van der Waals surface area contributed by atoms with E-state index in [4.69, 9.17) is 14.2 Å². The summed E-state index contributed by atoms with van der Waals surface area (Å²) in [5.74, 6) is 2.28. The summed E-state index contributed by atoms with van der Waals surface area (Å²) in [7, 11) is 6.00. The molecule has 5 heteroatoms. The zero-order valence-electron chi connectivity index (χ0n) is 15.1. The molecule has 3 rings (SSSR count). The number of benzene rings is 1. The molecule has 130 valence electrons. The van der Waals surface area contributed by atoms with Gasteiger partial charge in [-0.15, -0.1) is 0 Å². The Morgan fingerprint density at radius 2 is 2.12 bits per heavy atom. The lowest BCUT2D eigenvalue weighted by Crippen LogP contribution is -2.48. The lowest BCUT2D eigenvalue weighted by molar-refractivity contribution is -0.922. The van der Waals surface area contributed by atoms with Crippen LogP contribution in [0.4, 0.5) is 0 Å². The van der Waals surface area contributed by atoms with Crippen molar-refractivity contribution in [2.24, 2.45) is 0 Å².